The summed E-state index contributed by atoms with van der Waals surface area (Å²) < 4.78 is 5.72. The summed E-state index contributed by atoms with van der Waals surface area (Å²) in [6, 6.07) is 3.24. The fourth-order valence-corrected chi connectivity index (χ4v) is 2.16. The Labute approximate surface area is 112 Å². The first-order valence-corrected chi connectivity index (χ1v) is 6.42. The van der Waals surface area contributed by atoms with E-state index in [-0.39, 0.29) is 18.1 Å². The summed E-state index contributed by atoms with van der Waals surface area (Å²) in [6.45, 7) is 4.03. The van der Waals surface area contributed by atoms with E-state index in [1.165, 1.54) is 0 Å². The molecule has 98 valence electrons. The number of nitrogens with one attached hydrogen (secondary N) is 2. The number of halogens is 1. The Hall–Kier alpha value is -1.26. The zero-order valence-electron chi connectivity index (χ0n) is 10.7. The van der Waals surface area contributed by atoms with Crippen LogP contribution in [0.25, 0.3) is 0 Å². The van der Waals surface area contributed by atoms with E-state index < -0.39 is 0 Å². The average molecular weight is 269 g/mol. The highest BCUT2D eigenvalue weighted by Gasteiger charge is 2.30. The van der Waals surface area contributed by atoms with Gasteiger partial charge in [-0.1, -0.05) is 18.5 Å². The predicted octanol–water partition coefficient (Wildman–Crippen LogP) is 2.73. The lowest BCUT2D eigenvalue weighted by Crippen LogP contribution is -2.23. The van der Waals surface area contributed by atoms with Gasteiger partial charge in [0.1, 0.15) is 11.8 Å². The Balaban J connectivity index is 2.33. The van der Waals surface area contributed by atoms with Crippen LogP contribution < -0.4 is 15.4 Å². The van der Waals surface area contributed by atoms with E-state index in [0.29, 0.717) is 10.8 Å². The van der Waals surface area contributed by atoms with Gasteiger partial charge in [0.25, 0.3) is 0 Å². The van der Waals surface area contributed by atoms with Crippen molar-refractivity contribution in [3.05, 3.63) is 22.7 Å². The first kappa shape index (κ1) is 13.2. The maximum Gasteiger partial charge on any atom is 0.246 e. The Morgan fingerprint density at radius 1 is 1.56 bits per heavy atom. The molecule has 2 rings (SSSR count). The van der Waals surface area contributed by atoms with Crippen molar-refractivity contribution < 1.29 is 9.53 Å². The van der Waals surface area contributed by atoms with E-state index in [4.69, 9.17) is 16.3 Å². The maximum atomic E-state index is 11.7. The van der Waals surface area contributed by atoms with Crippen molar-refractivity contribution in [3.63, 3.8) is 0 Å². The average Bonchev–Trinajstić information content (AvgIpc) is 2.64. The van der Waals surface area contributed by atoms with Gasteiger partial charge in [-0.3, -0.25) is 4.79 Å². The van der Waals surface area contributed by atoms with E-state index in [9.17, 15) is 4.79 Å². The van der Waals surface area contributed by atoms with Crippen molar-refractivity contribution >= 4 is 23.2 Å². The van der Waals surface area contributed by atoms with Crippen LogP contribution in [0.4, 0.5) is 5.69 Å². The number of carbonyl (C=O) groups is 1. The van der Waals surface area contributed by atoms with Crippen molar-refractivity contribution in [2.75, 3.05) is 12.4 Å². The third-order valence-electron chi connectivity index (χ3n) is 3.13. The van der Waals surface area contributed by atoms with Gasteiger partial charge in [-0.05, 0) is 26.5 Å². The Kier molecular flexibility index (Phi) is 3.78. The second-order valence-electron chi connectivity index (χ2n) is 4.42. The zero-order valence-corrected chi connectivity index (χ0v) is 11.5. The second kappa shape index (κ2) is 5.16. The molecule has 2 N–H and O–H groups in total. The molecule has 1 aliphatic heterocycles. The molecule has 1 heterocycles. The van der Waals surface area contributed by atoms with Gasteiger partial charge in [-0.15, -0.1) is 0 Å². The van der Waals surface area contributed by atoms with Crippen LogP contribution in [-0.2, 0) is 4.79 Å². The summed E-state index contributed by atoms with van der Waals surface area (Å²) in [4.78, 5) is 11.7. The monoisotopic (exact) mass is 268 g/mol. The number of anilines is 1. The number of carbonyl (C=O) groups excluding carboxylic acids is 1. The van der Waals surface area contributed by atoms with Crippen LogP contribution in [0.5, 0.6) is 5.75 Å². The lowest BCUT2D eigenvalue weighted by Gasteiger charge is -2.15. The predicted molar refractivity (Wildman–Crippen MR) is 72.3 cm³/mol. The van der Waals surface area contributed by atoms with E-state index in [2.05, 4.69) is 10.6 Å². The van der Waals surface area contributed by atoms with Crippen molar-refractivity contribution in [2.24, 2.45) is 0 Å². The van der Waals surface area contributed by atoms with E-state index in [0.717, 1.165) is 17.7 Å². The molecule has 1 amide bonds. The zero-order chi connectivity index (χ0) is 13.3. The SMILES string of the molecule is CCC(C)Oc1cc2c(cc1Cl)C(NC)C(=O)N2. The first-order valence-electron chi connectivity index (χ1n) is 6.05. The Morgan fingerprint density at radius 2 is 2.28 bits per heavy atom. The summed E-state index contributed by atoms with van der Waals surface area (Å²) in [5.74, 6) is 0.547. The minimum atomic E-state index is -0.338. The highest BCUT2D eigenvalue weighted by Crippen LogP contribution is 2.38. The summed E-state index contributed by atoms with van der Waals surface area (Å²) in [6.07, 6.45) is 0.997. The van der Waals surface area contributed by atoms with Crippen LogP contribution in [-0.4, -0.2) is 19.1 Å². The van der Waals surface area contributed by atoms with Gasteiger partial charge < -0.3 is 15.4 Å². The maximum absolute atomic E-state index is 11.7. The number of likely N-dealkylation sites (N-methyl/N-ethyl adjacent to an activating group) is 1. The molecule has 2 unspecified atom stereocenters. The van der Waals surface area contributed by atoms with Crippen molar-refractivity contribution in [3.8, 4) is 5.75 Å². The lowest BCUT2D eigenvalue weighted by atomic mass is 10.1. The molecule has 0 bridgehead atoms. The number of ether oxygens (including phenoxy) is 1. The number of rotatable bonds is 4. The molecule has 0 radical (unpaired) electrons. The number of hydrogen-bond acceptors (Lipinski definition) is 3. The first-order chi connectivity index (χ1) is 8.56. The lowest BCUT2D eigenvalue weighted by molar-refractivity contribution is -0.117. The second-order valence-corrected chi connectivity index (χ2v) is 4.82. The van der Waals surface area contributed by atoms with E-state index in [1.807, 2.05) is 13.8 Å². The highest BCUT2D eigenvalue weighted by atomic mass is 35.5. The van der Waals surface area contributed by atoms with Crippen LogP contribution >= 0.6 is 11.6 Å². The summed E-state index contributed by atoms with van der Waals surface area (Å²) >= 11 is 6.19. The number of hydrogen-bond donors (Lipinski definition) is 2. The summed E-state index contributed by atoms with van der Waals surface area (Å²) in [5.41, 5.74) is 1.63. The number of benzene rings is 1. The smallest absolute Gasteiger partial charge is 0.246 e. The van der Waals surface area contributed by atoms with Crippen LogP contribution in [0, 0.1) is 0 Å². The molecule has 1 aromatic rings. The molecule has 18 heavy (non-hydrogen) atoms. The van der Waals surface area contributed by atoms with Gasteiger partial charge in [0, 0.05) is 17.3 Å². The minimum absolute atomic E-state index is 0.0655. The molecule has 0 fully saturated rings. The number of amides is 1. The van der Waals surface area contributed by atoms with Crippen LogP contribution in [0.1, 0.15) is 31.9 Å². The molecule has 0 saturated heterocycles. The third kappa shape index (κ3) is 2.31. The summed E-state index contributed by atoms with van der Waals surface area (Å²) in [5, 5.41) is 6.31. The highest BCUT2D eigenvalue weighted by molar-refractivity contribution is 6.32. The van der Waals surface area contributed by atoms with Gasteiger partial charge in [-0.2, -0.15) is 0 Å². The van der Waals surface area contributed by atoms with Crippen LogP contribution in [0.2, 0.25) is 5.02 Å². The normalized spacial score (nSPS) is 19.3. The van der Waals surface area contributed by atoms with E-state index in [1.54, 1.807) is 19.2 Å². The molecule has 5 heteroatoms. The van der Waals surface area contributed by atoms with Gasteiger partial charge in [0.2, 0.25) is 5.91 Å². The topological polar surface area (TPSA) is 50.4 Å². The molecular weight excluding hydrogens is 252 g/mol. The van der Waals surface area contributed by atoms with E-state index >= 15 is 0 Å². The van der Waals surface area contributed by atoms with Gasteiger partial charge in [0.15, 0.2) is 0 Å². The molecule has 1 aromatic carbocycles. The van der Waals surface area contributed by atoms with Crippen molar-refractivity contribution in [1.82, 2.24) is 5.32 Å². The van der Waals surface area contributed by atoms with Gasteiger partial charge >= 0.3 is 0 Å². The van der Waals surface area contributed by atoms with Crippen LogP contribution in [0.15, 0.2) is 12.1 Å². The molecule has 0 spiro atoms. The van der Waals surface area contributed by atoms with Crippen molar-refractivity contribution in [2.45, 2.75) is 32.4 Å². The quantitative estimate of drug-likeness (QED) is 0.883. The molecule has 2 atom stereocenters. The Morgan fingerprint density at radius 3 is 2.89 bits per heavy atom. The number of fused-ring (bicyclic) bond motifs is 1. The minimum Gasteiger partial charge on any atom is -0.489 e. The fourth-order valence-electron chi connectivity index (χ4n) is 1.94. The molecule has 1 aliphatic rings. The molecule has 4 nitrogen and oxygen atoms in total. The molecule has 0 saturated carbocycles. The van der Waals surface area contributed by atoms with Crippen molar-refractivity contribution in [1.29, 1.82) is 0 Å². The largest absolute Gasteiger partial charge is 0.489 e. The standard InChI is InChI=1S/C13H17ClN2O2/c1-4-7(2)18-11-6-10-8(5-9(11)14)12(15-3)13(17)16-10/h5-7,12,15H,4H2,1-3H3,(H,16,17). The third-order valence-corrected chi connectivity index (χ3v) is 3.42. The molecular formula is C13H17ClN2O2. The van der Waals surface area contributed by atoms with Gasteiger partial charge in [-0.25, -0.2) is 0 Å². The molecule has 0 aromatic heterocycles. The summed E-state index contributed by atoms with van der Waals surface area (Å²) in [7, 11) is 1.75. The Bertz CT molecular complexity index is 476. The molecule has 0 aliphatic carbocycles. The van der Waals surface area contributed by atoms with Gasteiger partial charge in [0.05, 0.1) is 11.1 Å². The fraction of sp³-hybridized carbons (Fsp3) is 0.462. The van der Waals surface area contributed by atoms with Crippen LogP contribution in [0.3, 0.4) is 0 Å².